The zero-order chi connectivity index (χ0) is 16.9. The Morgan fingerprint density at radius 3 is 2.17 bits per heavy atom. The lowest BCUT2D eigenvalue weighted by atomic mass is 10.0. The van der Waals surface area contributed by atoms with Crippen LogP contribution in [0.3, 0.4) is 0 Å². The maximum atomic E-state index is 5.45. The van der Waals surface area contributed by atoms with E-state index in [1.54, 1.807) is 11.3 Å². The fourth-order valence-corrected chi connectivity index (χ4v) is 3.58. The molecule has 0 aliphatic rings. The Morgan fingerprint density at radius 2 is 1.58 bits per heavy atom. The van der Waals surface area contributed by atoms with E-state index in [1.165, 1.54) is 21.6 Å². The molecule has 0 aliphatic carbocycles. The summed E-state index contributed by atoms with van der Waals surface area (Å²) < 4.78 is 0. The number of hydrogen-bond donors (Lipinski definition) is 2. The summed E-state index contributed by atoms with van der Waals surface area (Å²) in [5.74, 6) is 0. The Kier molecular flexibility index (Phi) is 5.03. The van der Waals surface area contributed by atoms with Gasteiger partial charge in [0, 0.05) is 10.4 Å². The average molecular weight is 352 g/mol. The molecule has 1 heterocycles. The lowest BCUT2D eigenvalue weighted by Crippen LogP contribution is -2.25. The highest BCUT2D eigenvalue weighted by Crippen LogP contribution is 2.39. The molecular formula is C19H17N3S2. The second-order valence-corrected chi connectivity index (χ2v) is 6.75. The number of benzene rings is 2. The third kappa shape index (κ3) is 3.69. The van der Waals surface area contributed by atoms with E-state index in [0.29, 0.717) is 0 Å². The van der Waals surface area contributed by atoms with Crippen molar-refractivity contribution in [3.63, 3.8) is 0 Å². The normalized spacial score (nSPS) is 11.3. The highest BCUT2D eigenvalue weighted by Gasteiger charge is 2.14. The molecule has 0 saturated carbocycles. The van der Waals surface area contributed by atoms with Crippen molar-refractivity contribution in [2.45, 2.75) is 6.92 Å². The maximum absolute atomic E-state index is 5.45. The highest BCUT2D eigenvalue weighted by molar-refractivity contribution is 7.80. The predicted octanol–water partition coefficient (Wildman–Crippen LogP) is 4.64. The van der Waals surface area contributed by atoms with Gasteiger partial charge in [-0.2, -0.15) is 5.10 Å². The van der Waals surface area contributed by atoms with Gasteiger partial charge in [0.25, 0.3) is 0 Å². The number of rotatable bonds is 4. The molecule has 0 bridgehead atoms. The first-order valence-corrected chi connectivity index (χ1v) is 8.72. The number of hydrazone groups is 1. The van der Waals surface area contributed by atoms with Crippen LogP contribution in [0.5, 0.6) is 0 Å². The first kappa shape index (κ1) is 16.4. The van der Waals surface area contributed by atoms with Gasteiger partial charge >= 0.3 is 0 Å². The van der Waals surface area contributed by atoms with E-state index in [1.807, 2.05) is 19.1 Å². The van der Waals surface area contributed by atoms with E-state index < -0.39 is 0 Å². The average Bonchev–Trinajstić information content (AvgIpc) is 3.06. The molecule has 3 rings (SSSR count). The third-order valence-corrected chi connectivity index (χ3v) is 4.93. The molecular weight excluding hydrogens is 334 g/mol. The van der Waals surface area contributed by atoms with Crippen LogP contribution in [-0.2, 0) is 0 Å². The molecule has 0 unspecified atom stereocenters. The fraction of sp³-hybridized carbons (Fsp3) is 0.0526. The lowest BCUT2D eigenvalue weighted by Gasteiger charge is -2.03. The summed E-state index contributed by atoms with van der Waals surface area (Å²) in [5, 5.41) is 4.41. The number of hydrogen-bond acceptors (Lipinski definition) is 3. The molecule has 24 heavy (non-hydrogen) atoms. The molecule has 0 saturated heterocycles. The number of thiocarbonyl (C=S) groups is 1. The SMILES string of the molecule is C/C(=N\NC(N)=S)c1cc(-c2ccccc2)c(-c2ccccc2)s1. The number of nitrogens with two attached hydrogens (primary N) is 1. The standard InChI is InChI=1S/C19H17N3S2/c1-13(21-22-19(20)23)17-12-16(14-8-4-2-5-9-14)18(24-17)15-10-6-3-7-11-15/h2-12H,1H3,(H3,20,22,23)/b21-13+. The third-order valence-electron chi connectivity index (χ3n) is 3.54. The molecule has 120 valence electrons. The van der Waals surface area contributed by atoms with Crippen molar-refractivity contribution in [1.29, 1.82) is 0 Å². The summed E-state index contributed by atoms with van der Waals surface area (Å²) in [6.07, 6.45) is 0. The molecule has 2 aromatic carbocycles. The molecule has 5 heteroatoms. The van der Waals surface area contributed by atoms with Crippen molar-refractivity contribution >= 4 is 34.4 Å². The zero-order valence-corrected chi connectivity index (χ0v) is 14.8. The van der Waals surface area contributed by atoms with Crippen LogP contribution in [-0.4, -0.2) is 10.8 Å². The minimum absolute atomic E-state index is 0.164. The van der Waals surface area contributed by atoms with Crippen molar-refractivity contribution in [1.82, 2.24) is 5.43 Å². The fourth-order valence-electron chi connectivity index (χ4n) is 2.40. The van der Waals surface area contributed by atoms with E-state index in [-0.39, 0.29) is 5.11 Å². The summed E-state index contributed by atoms with van der Waals surface area (Å²) in [7, 11) is 0. The number of thiophene rings is 1. The van der Waals surface area contributed by atoms with E-state index in [4.69, 9.17) is 18.0 Å². The van der Waals surface area contributed by atoms with E-state index in [2.05, 4.69) is 65.1 Å². The van der Waals surface area contributed by atoms with Crippen LogP contribution in [0.15, 0.2) is 71.8 Å². The van der Waals surface area contributed by atoms with Gasteiger partial charge < -0.3 is 5.73 Å². The Labute approximate surface area is 150 Å². The molecule has 0 aliphatic heterocycles. The van der Waals surface area contributed by atoms with Gasteiger partial charge in [-0.25, -0.2) is 0 Å². The Balaban J connectivity index is 2.10. The van der Waals surface area contributed by atoms with Crippen LogP contribution in [0.4, 0.5) is 0 Å². The summed E-state index contributed by atoms with van der Waals surface area (Å²) >= 11 is 6.52. The number of nitrogens with one attached hydrogen (secondary N) is 1. The molecule has 0 spiro atoms. The van der Waals surface area contributed by atoms with Gasteiger partial charge in [-0.1, -0.05) is 60.7 Å². The Bertz CT molecular complexity index is 811. The minimum Gasteiger partial charge on any atom is -0.375 e. The lowest BCUT2D eigenvalue weighted by molar-refractivity contribution is 1.03. The molecule has 0 amide bonds. The van der Waals surface area contributed by atoms with Crippen LogP contribution in [0.25, 0.3) is 21.6 Å². The van der Waals surface area contributed by atoms with Crippen LogP contribution in [0, 0.1) is 0 Å². The van der Waals surface area contributed by atoms with Crippen molar-refractivity contribution in [3.8, 4) is 21.6 Å². The number of nitrogens with zero attached hydrogens (tertiary/aromatic N) is 1. The maximum Gasteiger partial charge on any atom is 0.184 e. The van der Waals surface area contributed by atoms with E-state index >= 15 is 0 Å². The van der Waals surface area contributed by atoms with Gasteiger partial charge in [0.2, 0.25) is 0 Å². The molecule has 1 aromatic heterocycles. The Hall–Kier alpha value is -2.50. The van der Waals surface area contributed by atoms with Crippen molar-refractivity contribution in [3.05, 3.63) is 71.6 Å². The zero-order valence-electron chi connectivity index (χ0n) is 13.2. The van der Waals surface area contributed by atoms with Crippen LogP contribution >= 0.6 is 23.6 Å². The van der Waals surface area contributed by atoms with Crippen LogP contribution < -0.4 is 11.2 Å². The van der Waals surface area contributed by atoms with E-state index in [0.717, 1.165) is 10.6 Å². The van der Waals surface area contributed by atoms with Crippen molar-refractivity contribution in [2.24, 2.45) is 10.8 Å². The monoisotopic (exact) mass is 351 g/mol. The summed E-state index contributed by atoms with van der Waals surface area (Å²) in [6.45, 7) is 1.95. The first-order chi connectivity index (χ1) is 11.6. The van der Waals surface area contributed by atoms with Gasteiger partial charge in [0.05, 0.1) is 10.6 Å². The van der Waals surface area contributed by atoms with Crippen LogP contribution in [0.2, 0.25) is 0 Å². The first-order valence-electron chi connectivity index (χ1n) is 7.50. The second kappa shape index (κ2) is 7.38. The molecule has 0 fully saturated rings. The van der Waals surface area contributed by atoms with E-state index in [9.17, 15) is 0 Å². The van der Waals surface area contributed by atoms with Crippen LogP contribution in [0.1, 0.15) is 11.8 Å². The predicted molar refractivity (Wildman–Crippen MR) is 107 cm³/mol. The highest BCUT2D eigenvalue weighted by atomic mass is 32.1. The summed E-state index contributed by atoms with van der Waals surface area (Å²) in [4.78, 5) is 2.30. The molecule has 0 atom stereocenters. The second-order valence-electron chi connectivity index (χ2n) is 5.26. The quantitative estimate of drug-likeness (QED) is 0.409. The van der Waals surface area contributed by atoms with Gasteiger partial charge in [0.1, 0.15) is 0 Å². The van der Waals surface area contributed by atoms with Crippen molar-refractivity contribution < 1.29 is 0 Å². The minimum atomic E-state index is 0.164. The topological polar surface area (TPSA) is 50.4 Å². The molecule has 3 N–H and O–H groups in total. The van der Waals surface area contributed by atoms with Crippen molar-refractivity contribution in [2.75, 3.05) is 0 Å². The molecule has 0 radical (unpaired) electrons. The largest absolute Gasteiger partial charge is 0.375 e. The van der Waals surface area contributed by atoms with Gasteiger partial charge in [0.15, 0.2) is 5.11 Å². The van der Waals surface area contributed by atoms with Gasteiger partial charge in [-0.15, -0.1) is 11.3 Å². The summed E-state index contributed by atoms with van der Waals surface area (Å²) in [5.41, 5.74) is 12.5. The smallest absolute Gasteiger partial charge is 0.184 e. The molecule has 3 aromatic rings. The Morgan fingerprint density at radius 1 is 1.00 bits per heavy atom. The van der Waals surface area contributed by atoms with Gasteiger partial charge in [-0.05, 0) is 36.3 Å². The van der Waals surface area contributed by atoms with Gasteiger partial charge in [-0.3, -0.25) is 5.43 Å². The summed E-state index contributed by atoms with van der Waals surface area (Å²) in [6, 6.07) is 22.9. The molecule has 3 nitrogen and oxygen atoms in total.